The Morgan fingerprint density at radius 1 is 1.28 bits per heavy atom. The van der Waals surface area contributed by atoms with Crippen LogP contribution in [0.5, 0.6) is 5.75 Å². The average Bonchev–Trinajstić information content (AvgIpc) is 2.37. The zero-order valence-electron chi connectivity index (χ0n) is 10.1. The molecule has 0 aliphatic rings. The number of hydrogen-bond donors (Lipinski definition) is 1. The van der Waals surface area contributed by atoms with E-state index in [2.05, 4.69) is 15.0 Å². The van der Waals surface area contributed by atoms with E-state index in [1.54, 1.807) is 26.2 Å². The second-order valence-corrected chi connectivity index (χ2v) is 4.08. The van der Waals surface area contributed by atoms with Crippen molar-refractivity contribution >= 4 is 11.6 Å². The van der Waals surface area contributed by atoms with Crippen LogP contribution in [0.2, 0.25) is 5.02 Å². The number of nitrogens with two attached hydrogens (primary N) is 1. The lowest BCUT2D eigenvalue weighted by Gasteiger charge is -2.06. The van der Waals surface area contributed by atoms with Crippen LogP contribution in [0.25, 0.3) is 11.4 Å². The standard InChI is InChI=1S/C12H13ClN4O/c1-7-15-11(6-14)17-12(16-7)8-3-4-10(18-2)9(13)5-8/h3-5H,6,14H2,1-2H3. The van der Waals surface area contributed by atoms with Crippen molar-refractivity contribution in [3.63, 3.8) is 0 Å². The zero-order valence-corrected chi connectivity index (χ0v) is 10.9. The van der Waals surface area contributed by atoms with Crippen LogP contribution in [0.1, 0.15) is 11.6 Å². The summed E-state index contributed by atoms with van der Waals surface area (Å²) in [6.45, 7) is 2.08. The van der Waals surface area contributed by atoms with Gasteiger partial charge in [-0.2, -0.15) is 0 Å². The van der Waals surface area contributed by atoms with E-state index in [1.807, 2.05) is 6.07 Å². The summed E-state index contributed by atoms with van der Waals surface area (Å²) in [5.74, 6) is 2.37. The fourth-order valence-corrected chi connectivity index (χ4v) is 1.82. The van der Waals surface area contributed by atoms with Gasteiger partial charge in [-0.25, -0.2) is 15.0 Å². The van der Waals surface area contributed by atoms with Gasteiger partial charge in [0.15, 0.2) is 5.82 Å². The van der Waals surface area contributed by atoms with Gasteiger partial charge in [0, 0.05) is 5.56 Å². The van der Waals surface area contributed by atoms with Crippen molar-refractivity contribution in [1.82, 2.24) is 15.0 Å². The van der Waals surface area contributed by atoms with Crippen LogP contribution in [0.15, 0.2) is 18.2 Å². The summed E-state index contributed by atoms with van der Waals surface area (Å²) in [4.78, 5) is 12.7. The third kappa shape index (κ3) is 2.57. The number of rotatable bonds is 3. The van der Waals surface area contributed by atoms with E-state index in [4.69, 9.17) is 22.1 Å². The highest BCUT2D eigenvalue weighted by molar-refractivity contribution is 6.32. The highest BCUT2D eigenvalue weighted by Crippen LogP contribution is 2.28. The van der Waals surface area contributed by atoms with Gasteiger partial charge in [-0.05, 0) is 25.1 Å². The lowest BCUT2D eigenvalue weighted by atomic mass is 10.2. The molecular weight excluding hydrogens is 252 g/mol. The summed E-state index contributed by atoms with van der Waals surface area (Å²) >= 11 is 6.07. The van der Waals surface area contributed by atoms with E-state index in [0.717, 1.165) is 5.56 Å². The summed E-state index contributed by atoms with van der Waals surface area (Å²) in [5.41, 5.74) is 6.35. The summed E-state index contributed by atoms with van der Waals surface area (Å²) in [5, 5.41) is 0.516. The first-order valence-electron chi connectivity index (χ1n) is 5.39. The fraction of sp³-hybridized carbons (Fsp3) is 0.250. The first-order valence-corrected chi connectivity index (χ1v) is 5.77. The van der Waals surface area contributed by atoms with Crippen LogP contribution in [0, 0.1) is 6.92 Å². The number of ether oxygens (including phenoxy) is 1. The molecular formula is C12H13ClN4O. The first kappa shape index (κ1) is 12.7. The molecule has 0 spiro atoms. The minimum Gasteiger partial charge on any atom is -0.495 e. The number of benzene rings is 1. The molecule has 2 N–H and O–H groups in total. The molecule has 18 heavy (non-hydrogen) atoms. The Labute approximate surface area is 110 Å². The maximum atomic E-state index is 6.07. The molecule has 2 rings (SSSR count). The zero-order chi connectivity index (χ0) is 13.1. The monoisotopic (exact) mass is 264 g/mol. The van der Waals surface area contributed by atoms with Crippen LogP contribution >= 0.6 is 11.6 Å². The molecule has 2 aromatic rings. The van der Waals surface area contributed by atoms with Gasteiger partial charge in [0.1, 0.15) is 17.4 Å². The van der Waals surface area contributed by atoms with Gasteiger partial charge in [-0.15, -0.1) is 0 Å². The van der Waals surface area contributed by atoms with Gasteiger partial charge in [0.2, 0.25) is 0 Å². The molecule has 0 aliphatic carbocycles. The summed E-state index contributed by atoms with van der Waals surface area (Å²) < 4.78 is 5.10. The topological polar surface area (TPSA) is 73.9 Å². The third-order valence-electron chi connectivity index (χ3n) is 2.39. The summed E-state index contributed by atoms with van der Waals surface area (Å²) in [6, 6.07) is 5.38. The van der Waals surface area contributed by atoms with Gasteiger partial charge in [0.05, 0.1) is 18.7 Å². The van der Waals surface area contributed by atoms with Crippen LogP contribution in [0.4, 0.5) is 0 Å². The molecule has 0 aliphatic heterocycles. The second-order valence-electron chi connectivity index (χ2n) is 3.68. The van der Waals surface area contributed by atoms with Crippen molar-refractivity contribution in [3.8, 4) is 17.1 Å². The lowest BCUT2D eigenvalue weighted by molar-refractivity contribution is 0.415. The van der Waals surface area contributed by atoms with Crippen molar-refractivity contribution in [2.45, 2.75) is 13.5 Å². The number of aromatic nitrogens is 3. The molecule has 0 saturated heterocycles. The van der Waals surface area contributed by atoms with Crippen molar-refractivity contribution < 1.29 is 4.74 Å². The van der Waals surface area contributed by atoms with Crippen molar-refractivity contribution in [2.24, 2.45) is 5.73 Å². The molecule has 6 heteroatoms. The smallest absolute Gasteiger partial charge is 0.163 e. The largest absolute Gasteiger partial charge is 0.495 e. The Hall–Kier alpha value is -1.72. The predicted octanol–water partition coefficient (Wildman–Crippen LogP) is 1.97. The maximum absolute atomic E-state index is 6.07. The van der Waals surface area contributed by atoms with E-state index in [9.17, 15) is 0 Å². The molecule has 5 nitrogen and oxygen atoms in total. The van der Waals surface area contributed by atoms with Gasteiger partial charge in [-0.1, -0.05) is 11.6 Å². The van der Waals surface area contributed by atoms with Crippen LogP contribution in [-0.4, -0.2) is 22.1 Å². The number of hydrogen-bond acceptors (Lipinski definition) is 5. The lowest BCUT2D eigenvalue weighted by Crippen LogP contribution is -2.07. The van der Waals surface area contributed by atoms with Crippen LogP contribution < -0.4 is 10.5 Å². The Morgan fingerprint density at radius 2 is 2.06 bits per heavy atom. The average molecular weight is 265 g/mol. The normalized spacial score (nSPS) is 10.4. The molecule has 94 valence electrons. The molecule has 0 saturated carbocycles. The number of nitrogens with zero attached hydrogens (tertiary/aromatic N) is 3. The quantitative estimate of drug-likeness (QED) is 0.917. The van der Waals surface area contributed by atoms with Crippen molar-refractivity contribution in [2.75, 3.05) is 7.11 Å². The molecule has 1 heterocycles. The Morgan fingerprint density at radius 3 is 2.67 bits per heavy atom. The molecule has 1 aromatic carbocycles. The SMILES string of the molecule is COc1ccc(-c2nc(C)nc(CN)n2)cc1Cl. The van der Waals surface area contributed by atoms with Crippen LogP contribution in [-0.2, 0) is 6.54 Å². The second kappa shape index (κ2) is 5.29. The fourth-order valence-electron chi connectivity index (χ4n) is 1.56. The van der Waals surface area contributed by atoms with Gasteiger partial charge >= 0.3 is 0 Å². The molecule has 0 unspecified atom stereocenters. The van der Waals surface area contributed by atoms with Gasteiger partial charge in [0.25, 0.3) is 0 Å². The molecule has 0 atom stereocenters. The van der Waals surface area contributed by atoms with Crippen LogP contribution in [0.3, 0.4) is 0 Å². The van der Waals surface area contributed by atoms with E-state index < -0.39 is 0 Å². The Bertz CT molecular complexity index is 574. The minimum atomic E-state index is 0.278. The number of methoxy groups -OCH3 is 1. The molecule has 1 aromatic heterocycles. The number of aryl methyl sites for hydroxylation is 1. The molecule has 0 amide bonds. The summed E-state index contributed by atoms with van der Waals surface area (Å²) in [7, 11) is 1.57. The molecule has 0 bridgehead atoms. The van der Waals surface area contributed by atoms with E-state index >= 15 is 0 Å². The van der Waals surface area contributed by atoms with Gasteiger partial charge in [-0.3, -0.25) is 0 Å². The van der Waals surface area contributed by atoms with E-state index in [1.165, 1.54) is 0 Å². The van der Waals surface area contributed by atoms with E-state index in [0.29, 0.717) is 28.2 Å². The minimum absolute atomic E-state index is 0.278. The van der Waals surface area contributed by atoms with Crippen molar-refractivity contribution in [3.05, 3.63) is 34.9 Å². The Kier molecular flexibility index (Phi) is 3.74. The third-order valence-corrected chi connectivity index (χ3v) is 2.68. The Balaban J connectivity index is 2.48. The molecule has 0 radical (unpaired) electrons. The highest BCUT2D eigenvalue weighted by Gasteiger charge is 2.08. The number of halogens is 1. The maximum Gasteiger partial charge on any atom is 0.163 e. The van der Waals surface area contributed by atoms with E-state index in [-0.39, 0.29) is 6.54 Å². The van der Waals surface area contributed by atoms with Crippen molar-refractivity contribution in [1.29, 1.82) is 0 Å². The molecule has 0 fully saturated rings. The predicted molar refractivity (Wildman–Crippen MR) is 69.5 cm³/mol. The van der Waals surface area contributed by atoms with Gasteiger partial charge < -0.3 is 10.5 Å². The first-order chi connectivity index (χ1) is 8.63. The summed E-state index contributed by atoms with van der Waals surface area (Å²) in [6.07, 6.45) is 0. The highest BCUT2D eigenvalue weighted by atomic mass is 35.5.